The van der Waals surface area contributed by atoms with E-state index in [9.17, 15) is 13.2 Å². The summed E-state index contributed by atoms with van der Waals surface area (Å²) in [6.45, 7) is 1.02. The standard InChI is InChI=1S/C10H20N2O5S/c1-12(7-5-10(13)14)18(15,16)11-6-4-9-3-2-8-17-9/h9,11H,2-8H2,1H3,(H,13,14). The maximum absolute atomic E-state index is 11.7. The van der Waals surface area contributed by atoms with Crippen LogP contribution in [0.25, 0.3) is 0 Å². The zero-order valence-electron chi connectivity index (χ0n) is 10.5. The van der Waals surface area contributed by atoms with Crippen LogP contribution in [0.5, 0.6) is 0 Å². The Labute approximate surface area is 107 Å². The summed E-state index contributed by atoms with van der Waals surface area (Å²) >= 11 is 0. The molecule has 0 amide bonds. The Morgan fingerprint density at radius 1 is 1.56 bits per heavy atom. The van der Waals surface area contributed by atoms with Gasteiger partial charge in [-0.3, -0.25) is 4.79 Å². The number of carboxylic acid groups (broad SMARTS) is 1. The fourth-order valence-corrected chi connectivity index (χ4v) is 2.63. The van der Waals surface area contributed by atoms with Crippen molar-refractivity contribution in [3.63, 3.8) is 0 Å². The van der Waals surface area contributed by atoms with Gasteiger partial charge in [-0.1, -0.05) is 0 Å². The molecular formula is C10H20N2O5S. The summed E-state index contributed by atoms with van der Waals surface area (Å²) in [5.41, 5.74) is 0. The maximum atomic E-state index is 11.7. The first kappa shape index (κ1) is 15.4. The van der Waals surface area contributed by atoms with Gasteiger partial charge in [0.15, 0.2) is 0 Å². The highest BCUT2D eigenvalue weighted by Gasteiger charge is 2.20. The smallest absolute Gasteiger partial charge is 0.304 e. The number of nitrogens with zero attached hydrogens (tertiary/aromatic N) is 1. The summed E-state index contributed by atoms with van der Waals surface area (Å²) in [6, 6.07) is 0. The van der Waals surface area contributed by atoms with E-state index in [1.165, 1.54) is 7.05 Å². The summed E-state index contributed by atoms with van der Waals surface area (Å²) in [5.74, 6) is -1.02. The average molecular weight is 280 g/mol. The molecule has 0 bridgehead atoms. The molecule has 1 rings (SSSR count). The van der Waals surface area contributed by atoms with Crippen molar-refractivity contribution in [1.29, 1.82) is 0 Å². The van der Waals surface area contributed by atoms with Crippen molar-refractivity contribution in [3.05, 3.63) is 0 Å². The zero-order valence-corrected chi connectivity index (χ0v) is 11.3. The molecule has 1 aliphatic heterocycles. The Kier molecular flexibility index (Phi) is 6.00. The van der Waals surface area contributed by atoms with Crippen molar-refractivity contribution in [1.82, 2.24) is 9.03 Å². The van der Waals surface area contributed by atoms with Crippen molar-refractivity contribution in [2.24, 2.45) is 0 Å². The third kappa shape index (κ3) is 5.30. The summed E-state index contributed by atoms with van der Waals surface area (Å²) in [6.07, 6.45) is 2.57. The molecule has 1 fully saturated rings. The molecule has 0 aromatic carbocycles. The minimum absolute atomic E-state index is 0.0371. The molecule has 0 aliphatic carbocycles. The van der Waals surface area contributed by atoms with Crippen molar-refractivity contribution < 1.29 is 23.1 Å². The second-order valence-electron chi connectivity index (χ2n) is 4.29. The van der Waals surface area contributed by atoms with Crippen LogP contribution in [0.15, 0.2) is 0 Å². The predicted octanol–water partition coefficient (Wildman–Crippen LogP) is -0.204. The fourth-order valence-electron chi connectivity index (χ4n) is 1.70. The lowest BCUT2D eigenvalue weighted by Crippen LogP contribution is -2.40. The third-order valence-electron chi connectivity index (χ3n) is 2.83. The van der Waals surface area contributed by atoms with Crippen molar-refractivity contribution in [2.45, 2.75) is 31.8 Å². The lowest BCUT2D eigenvalue weighted by Gasteiger charge is -2.17. The summed E-state index contributed by atoms with van der Waals surface area (Å²) in [4.78, 5) is 10.4. The van der Waals surface area contributed by atoms with Crippen molar-refractivity contribution in [2.75, 3.05) is 26.7 Å². The van der Waals surface area contributed by atoms with Crippen LogP contribution in [-0.2, 0) is 19.7 Å². The molecule has 18 heavy (non-hydrogen) atoms. The summed E-state index contributed by atoms with van der Waals surface area (Å²) in [5, 5.41) is 8.49. The Hall–Kier alpha value is -0.700. The lowest BCUT2D eigenvalue weighted by atomic mass is 10.2. The fraction of sp³-hybridized carbons (Fsp3) is 0.900. The van der Waals surface area contributed by atoms with Gasteiger partial charge < -0.3 is 9.84 Å². The molecule has 1 aliphatic rings. The molecule has 0 spiro atoms. The number of ether oxygens (including phenoxy) is 1. The van der Waals surface area contributed by atoms with Gasteiger partial charge >= 0.3 is 5.97 Å². The molecule has 1 unspecified atom stereocenters. The highest BCUT2D eigenvalue weighted by molar-refractivity contribution is 7.87. The van der Waals surface area contributed by atoms with E-state index >= 15 is 0 Å². The third-order valence-corrected chi connectivity index (χ3v) is 4.40. The van der Waals surface area contributed by atoms with Gasteiger partial charge in [0.25, 0.3) is 10.2 Å². The number of carbonyl (C=O) groups is 1. The number of nitrogens with one attached hydrogen (secondary N) is 1. The molecular weight excluding hydrogens is 260 g/mol. The van der Waals surface area contributed by atoms with Crippen LogP contribution in [0.4, 0.5) is 0 Å². The van der Waals surface area contributed by atoms with Crippen LogP contribution < -0.4 is 4.72 Å². The molecule has 1 heterocycles. The number of aliphatic carboxylic acids is 1. The summed E-state index contributed by atoms with van der Waals surface area (Å²) in [7, 11) is -2.22. The monoisotopic (exact) mass is 280 g/mol. The summed E-state index contributed by atoms with van der Waals surface area (Å²) < 4.78 is 32.2. The molecule has 0 aromatic rings. The van der Waals surface area contributed by atoms with E-state index < -0.39 is 16.2 Å². The lowest BCUT2D eigenvalue weighted by molar-refractivity contribution is -0.137. The SMILES string of the molecule is CN(CCC(=O)O)S(=O)(=O)NCCC1CCCO1. The zero-order chi connectivity index (χ0) is 13.6. The molecule has 0 aromatic heterocycles. The van der Waals surface area contributed by atoms with E-state index in [4.69, 9.17) is 9.84 Å². The molecule has 0 saturated carbocycles. The first-order valence-electron chi connectivity index (χ1n) is 5.96. The second kappa shape index (κ2) is 7.03. The van der Waals surface area contributed by atoms with Gasteiger partial charge in [0.2, 0.25) is 0 Å². The quantitative estimate of drug-likeness (QED) is 0.641. The van der Waals surface area contributed by atoms with Crippen molar-refractivity contribution in [3.8, 4) is 0 Å². The van der Waals surface area contributed by atoms with Gasteiger partial charge in [-0.15, -0.1) is 0 Å². The Balaban J connectivity index is 2.27. The maximum Gasteiger partial charge on any atom is 0.304 e. The van der Waals surface area contributed by atoms with Crippen LogP contribution in [0.1, 0.15) is 25.7 Å². The Morgan fingerprint density at radius 2 is 2.28 bits per heavy atom. The van der Waals surface area contributed by atoms with Gasteiger partial charge in [0.05, 0.1) is 12.5 Å². The molecule has 0 radical (unpaired) electrons. The first-order chi connectivity index (χ1) is 8.42. The van der Waals surface area contributed by atoms with Gasteiger partial charge in [-0.2, -0.15) is 12.7 Å². The van der Waals surface area contributed by atoms with Gasteiger partial charge in [-0.25, -0.2) is 4.72 Å². The molecule has 7 nitrogen and oxygen atoms in total. The number of rotatable bonds is 8. The van der Waals surface area contributed by atoms with Gasteiger partial charge in [0, 0.05) is 26.7 Å². The first-order valence-corrected chi connectivity index (χ1v) is 7.40. The van der Waals surface area contributed by atoms with E-state index in [0.717, 1.165) is 23.8 Å². The Bertz CT molecular complexity index is 364. The predicted molar refractivity (Wildman–Crippen MR) is 65.4 cm³/mol. The Morgan fingerprint density at radius 3 is 2.83 bits per heavy atom. The van der Waals surface area contributed by atoms with Crippen LogP contribution in [-0.4, -0.2) is 56.6 Å². The number of carboxylic acids is 1. The highest BCUT2D eigenvalue weighted by Crippen LogP contribution is 2.14. The van der Waals surface area contributed by atoms with E-state index in [-0.39, 0.29) is 19.1 Å². The van der Waals surface area contributed by atoms with Gasteiger partial charge in [-0.05, 0) is 19.3 Å². The van der Waals surface area contributed by atoms with Gasteiger partial charge in [0.1, 0.15) is 0 Å². The van der Waals surface area contributed by atoms with E-state index in [0.29, 0.717) is 13.0 Å². The van der Waals surface area contributed by atoms with E-state index in [1.54, 1.807) is 0 Å². The number of hydrogen-bond donors (Lipinski definition) is 2. The number of hydrogen-bond acceptors (Lipinski definition) is 4. The van der Waals surface area contributed by atoms with Crippen LogP contribution in [0.3, 0.4) is 0 Å². The van der Waals surface area contributed by atoms with Crippen LogP contribution in [0.2, 0.25) is 0 Å². The largest absolute Gasteiger partial charge is 0.481 e. The molecule has 8 heteroatoms. The minimum atomic E-state index is -3.58. The second-order valence-corrected chi connectivity index (χ2v) is 6.15. The molecule has 106 valence electrons. The minimum Gasteiger partial charge on any atom is -0.481 e. The van der Waals surface area contributed by atoms with Crippen LogP contribution >= 0.6 is 0 Å². The average Bonchev–Trinajstić information content (AvgIpc) is 2.78. The molecule has 1 atom stereocenters. The molecule has 2 N–H and O–H groups in total. The van der Waals surface area contributed by atoms with Crippen LogP contribution in [0, 0.1) is 0 Å². The van der Waals surface area contributed by atoms with E-state index in [1.807, 2.05) is 0 Å². The van der Waals surface area contributed by atoms with E-state index in [2.05, 4.69) is 4.72 Å². The van der Waals surface area contributed by atoms with Crippen molar-refractivity contribution >= 4 is 16.2 Å². The topological polar surface area (TPSA) is 95.9 Å². The molecule has 1 saturated heterocycles. The highest BCUT2D eigenvalue weighted by atomic mass is 32.2. The normalized spacial score (nSPS) is 20.4.